The van der Waals surface area contributed by atoms with Crippen LogP contribution in [0.25, 0.3) is 11.5 Å². The molecule has 1 N–H and O–H groups in total. The van der Waals surface area contributed by atoms with Crippen molar-refractivity contribution in [2.24, 2.45) is 0 Å². The van der Waals surface area contributed by atoms with Crippen molar-refractivity contribution >= 4 is 17.7 Å². The zero-order chi connectivity index (χ0) is 16.1. The lowest BCUT2D eigenvalue weighted by molar-refractivity contribution is -0.118. The van der Waals surface area contributed by atoms with E-state index in [0.29, 0.717) is 23.4 Å². The van der Waals surface area contributed by atoms with Gasteiger partial charge in [0.15, 0.2) is 0 Å². The highest BCUT2D eigenvalue weighted by atomic mass is 32.2. The fourth-order valence-electron chi connectivity index (χ4n) is 1.94. The highest BCUT2D eigenvalue weighted by Crippen LogP contribution is 2.23. The second kappa shape index (κ2) is 7.15. The molecule has 0 aliphatic carbocycles. The average molecular weight is 329 g/mol. The Bertz CT molecular complexity index is 783. The second-order valence-corrected chi connectivity index (χ2v) is 5.81. The zero-order valence-corrected chi connectivity index (χ0v) is 13.3. The molecule has 1 aromatic carbocycles. The molecule has 2 aromatic heterocycles. The third-order valence-electron chi connectivity index (χ3n) is 3.04. The van der Waals surface area contributed by atoms with Gasteiger partial charge in [-0.05, 0) is 31.2 Å². The van der Waals surface area contributed by atoms with Crippen molar-refractivity contribution in [2.75, 3.05) is 5.75 Å². The Balaban J connectivity index is 1.52. The summed E-state index contributed by atoms with van der Waals surface area (Å²) in [7, 11) is 0. The van der Waals surface area contributed by atoms with E-state index in [1.807, 2.05) is 31.2 Å². The van der Waals surface area contributed by atoms with Crippen molar-refractivity contribution in [3.05, 3.63) is 54.0 Å². The lowest BCUT2D eigenvalue weighted by Gasteiger charge is -2.01. The molecule has 3 aromatic rings. The molecule has 0 saturated heterocycles. The van der Waals surface area contributed by atoms with Gasteiger partial charge in [-0.1, -0.05) is 29.5 Å². The number of aryl methyl sites for hydroxylation is 1. The van der Waals surface area contributed by atoms with Gasteiger partial charge in [0, 0.05) is 5.56 Å². The van der Waals surface area contributed by atoms with Crippen LogP contribution in [0.5, 0.6) is 0 Å². The van der Waals surface area contributed by atoms with Crippen LogP contribution in [0.1, 0.15) is 11.3 Å². The molecule has 23 heavy (non-hydrogen) atoms. The van der Waals surface area contributed by atoms with Gasteiger partial charge in [0.1, 0.15) is 5.76 Å². The van der Waals surface area contributed by atoms with Crippen LogP contribution in [0.15, 0.2) is 56.7 Å². The number of hydrogen-bond donors (Lipinski definition) is 1. The van der Waals surface area contributed by atoms with Gasteiger partial charge in [0.2, 0.25) is 11.8 Å². The average Bonchev–Trinajstić information content (AvgIpc) is 3.22. The van der Waals surface area contributed by atoms with Crippen LogP contribution < -0.4 is 5.32 Å². The van der Waals surface area contributed by atoms with Crippen molar-refractivity contribution in [3.8, 4) is 11.5 Å². The quantitative estimate of drug-likeness (QED) is 0.700. The molecule has 0 aliphatic rings. The first-order chi connectivity index (χ1) is 11.2. The van der Waals surface area contributed by atoms with Crippen LogP contribution in [0.2, 0.25) is 0 Å². The highest BCUT2D eigenvalue weighted by Gasteiger charge is 2.11. The van der Waals surface area contributed by atoms with Crippen molar-refractivity contribution in [3.63, 3.8) is 0 Å². The number of hydrogen-bond acceptors (Lipinski definition) is 6. The molecule has 0 unspecified atom stereocenters. The van der Waals surface area contributed by atoms with Gasteiger partial charge in [-0.15, -0.1) is 10.2 Å². The van der Waals surface area contributed by atoms with Crippen molar-refractivity contribution in [1.29, 1.82) is 0 Å². The van der Waals surface area contributed by atoms with Gasteiger partial charge in [0.25, 0.3) is 5.22 Å². The number of furan rings is 1. The van der Waals surface area contributed by atoms with Crippen LogP contribution in [0.3, 0.4) is 0 Å². The Morgan fingerprint density at radius 3 is 2.96 bits per heavy atom. The molecule has 0 atom stereocenters. The summed E-state index contributed by atoms with van der Waals surface area (Å²) < 4.78 is 10.7. The Hall–Kier alpha value is -2.54. The first-order valence-electron chi connectivity index (χ1n) is 7.03. The van der Waals surface area contributed by atoms with Crippen molar-refractivity contribution in [1.82, 2.24) is 15.5 Å². The number of carbonyl (C=O) groups is 1. The number of rotatable bonds is 6. The number of carbonyl (C=O) groups excluding carboxylic acids is 1. The molecule has 0 spiro atoms. The van der Waals surface area contributed by atoms with E-state index >= 15 is 0 Å². The fourth-order valence-corrected chi connectivity index (χ4v) is 2.53. The summed E-state index contributed by atoms with van der Waals surface area (Å²) in [4.78, 5) is 11.8. The van der Waals surface area contributed by atoms with Gasteiger partial charge >= 0.3 is 0 Å². The van der Waals surface area contributed by atoms with E-state index in [9.17, 15) is 4.79 Å². The van der Waals surface area contributed by atoms with E-state index in [0.717, 1.165) is 11.1 Å². The number of benzene rings is 1. The molecule has 0 bridgehead atoms. The van der Waals surface area contributed by atoms with Gasteiger partial charge in [-0.3, -0.25) is 4.79 Å². The zero-order valence-electron chi connectivity index (χ0n) is 12.5. The Morgan fingerprint density at radius 1 is 1.26 bits per heavy atom. The van der Waals surface area contributed by atoms with E-state index in [4.69, 9.17) is 8.83 Å². The maximum atomic E-state index is 11.8. The first-order valence-corrected chi connectivity index (χ1v) is 8.02. The van der Waals surface area contributed by atoms with Crippen LogP contribution in [-0.4, -0.2) is 21.9 Å². The summed E-state index contributed by atoms with van der Waals surface area (Å²) in [5, 5.41) is 11.1. The summed E-state index contributed by atoms with van der Waals surface area (Å²) >= 11 is 1.20. The summed E-state index contributed by atoms with van der Waals surface area (Å²) in [6.07, 6.45) is 1.57. The van der Waals surface area contributed by atoms with Crippen LogP contribution in [0.4, 0.5) is 0 Å². The normalized spacial score (nSPS) is 10.7. The third kappa shape index (κ3) is 4.23. The van der Waals surface area contributed by atoms with E-state index < -0.39 is 0 Å². The fraction of sp³-hybridized carbons (Fsp3) is 0.188. The maximum absolute atomic E-state index is 11.8. The largest absolute Gasteiger partial charge is 0.467 e. The number of aromatic nitrogens is 2. The molecule has 6 nitrogen and oxygen atoms in total. The van der Waals surface area contributed by atoms with E-state index in [-0.39, 0.29) is 11.7 Å². The molecule has 7 heteroatoms. The van der Waals surface area contributed by atoms with E-state index in [2.05, 4.69) is 15.5 Å². The Morgan fingerprint density at radius 2 is 2.17 bits per heavy atom. The predicted molar refractivity (Wildman–Crippen MR) is 85.7 cm³/mol. The molecule has 118 valence electrons. The molecular formula is C16H15N3O3S. The molecule has 0 radical (unpaired) electrons. The lowest BCUT2D eigenvalue weighted by atomic mass is 10.1. The molecule has 2 heterocycles. The molecular weight excluding hydrogens is 314 g/mol. The topological polar surface area (TPSA) is 81.2 Å². The summed E-state index contributed by atoms with van der Waals surface area (Å²) in [5.74, 6) is 1.24. The Kier molecular flexibility index (Phi) is 4.77. The summed E-state index contributed by atoms with van der Waals surface area (Å²) in [6, 6.07) is 11.4. The first kappa shape index (κ1) is 15.4. The molecule has 0 aliphatic heterocycles. The predicted octanol–water partition coefficient (Wildman–Crippen LogP) is 3.05. The second-order valence-electron chi connectivity index (χ2n) is 4.89. The minimum Gasteiger partial charge on any atom is -0.467 e. The van der Waals surface area contributed by atoms with Gasteiger partial charge in [-0.2, -0.15) is 0 Å². The Labute approximate surface area is 137 Å². The minimum absolute atomic E-state index is 0.123. The molecule has 0 fully saturated rings. The number of thioether (sulfide) groups is 1. The molecule has 1 amide bonds. The standard InChI is InChI=1S/C16H15N3O3S/c1-11-4-2-5-12(8-11)15-18-19-16(22-15)23-10-14(20)17-9-13-6-3-7-21-13/h2-8H,9-10H2,1H3,(H,17,20). The van der Waals surface area contributed by atoms with Gasteiger partial charge in [-0.25, -0.2) is 0 Å². The monoisotopic (exact) mass is 329 g/mol. The number of nitrogens with zero attached hydrogens (tertiary/aromatic N) is 2. The highest BCUT2D eigenvalue weighted by molar-refractivity contribution is 7.99. The van der Waals surface area contributed by atoms with Crippen molar-refractivity contribution < 1.29 is 13.6 Å². The maximum Gasteiger partial charge on any atom is 0.277 e. The summed E-state index contributed by atoms with van der Waals surface area (Å²) in [5.41, 5.74) is 1.99. The van der Waals surface area contributed by atoms with Crippen molar-refractivity contribution in [2.45, 2.75) is 18.7 Å². The molecule has 3 rings (SSSR count). The van der Waals surface area contributed by atoms with Crippen LogP contribution >= 0.6 is 11.8 Å². The minimum atomic E-state index is -0.123. The smallest absolute Gasteiger partial charge is 0.277 e. The van der Waals surface area contributed by atoms with Crippen LogP contribution in [0, 0.1) is 6.92 Å². The SMILES string of the molecule is Cc1cccc(-c2nnc(SCC(=O)NCc3ccco3)o2)c1. The van der Waals surface area contributed by atoms with Gasteiger partial charge in [0.05, 0.1) is 18.6 Å². The third-order valence-corrected chi connectivity index (χ3v) is 3.86. The van der Waals surface area contributed by atoms with Gasteiger partial charge < -0.3 is 14.2 Å². The number of nitrogens with one attached hydrogen (secondary N) is 1. The van der Waals surface area contributed by atoms with Crippen LogP contribution in [-0.2, 0) is 11.3 Å². The summed E-state index contributed by atoms with van der Waals surface area (Å²) in [6.45, 7) is 2.36. The number of amides is 1. The van der Waals surface area contributed by atoms with E-state index in [1.165, 1.54) is 11.8 Å². The molecule has 0 saturated carbocycles. The lowest BCUT2D eigenvalue weighted by Crippen LogP contribution is -2.24. The van der Waals surface area contributed by atoms with E-state index in [1.54, 1.807) is 18.4 Å².